The molecule has 2 N–H and O–H groups in total. The second-order valence-electron chi connectivity index (χ2n) is 4.91. The van der Waals surface area contributed by atoms with Crippen LogP contribution in [0.25, 0.3) is 0 Å². The summed E-state index contributed by atoms with van der Waals surface area (Å²) in [5, 5.41) is 6.59. The molecule has 0 radical (unpaired) electrons. The monoisotopic (exact) mass is 413 g/mol. The number of nitrogens with zero attached hydrogens (tertiary/aromatic N) is 3. The lowest BCUT2D eigenvalue weighted by Gasteiger charge is -2.12. The third-order valence-corrected chi connectivity index (χ3v) is 3.14. The molecule has 0 aliphatic heterocycles. The standard InChI is InChI=1S/C16H23N5.HI/c1-3-7-19-16(17-2)20-11-14-5-4-6-15(10-14)12-21-9-8-18-13-21;/h4-6,8-10,13H,3,7,11-12H2,1-2H3,(H2,17,19,20);1H. The molecule has 0 bridgehead atoms. The highest BCUT2D eigenvalue weighted by atomic mass is 127. The van der Waals surface area contributed by atoms with Crippen molar-refractivity contribution in [3.05, 3.63) is 54.1 Å². The molecular weight excluding hydrogens is 389 g/mol. The van der Waals surface area contributed by atoms with Crippen molar-refractivity contribution in [2.75, 3.05) is 13.6 Å². The van der Waals surface area contributed by atoms with Crippen LogP contribution in [-0.2, 0) is 13.1 Å². The molecule has 0 aliphatic rings. The topological polar surface area (TPSA) is 54.2 Å². The van der Waals surface area contributed by atoms with Crippen molar-refractivity contribution in [1.82, 2.24) is 20.2 Å². The number of hydrogen-bond acceptors (Lipinski definition) is 2. The first-order valence-electron chi connectivity index (χ1n) is 7.30. The van der Waals surface area contributed by atoms with E-state index in [1.807, 2.05) is 12.5 Å². The zero-order valence-corrected chi connectivity index (χ0v) is 15.5. The molecule has 2 aromatic rings. The van der Waals surface area contributed by atoms with E-state index in [0.717, 1.165) is 32.0 Å². The van der Waals surface area contributed by atoms with Crippen LogP contribution in [0.15, 0.2) is 48.0 Å². The molecule has 0 aliphatic carbocycles. The Labute approximate surface area is 149 Å². The Kier molecular flexibility index (Phi) is 8.57. The summed E-state index contributed by atoms with van der Waals surface area (Å²) in [5.41, 5.74) is 2.51. The van der Waals surface area contributed by atoms with Gasteiger partial charge in [-0.15, -0.1) is 24.0 Å². The van der Waals surface area contributed by atoms with Crippen molar-refractivity contribution in [1.29, 1.82) is 0 Å². The fourth-order valence-corrected chi connectivity index (χ4v) is 2.08. The summed E-state index contributed by atoms with van der Waals surface area (Å²) < 4.78 is 2.06. The lowest BCUT2D eigenvalue weighted by Crippen LogP contribution is -2.37. The minimum absolute atomic E-state index is 0. The van der Waals surface area contributed by atoms with Gasteiger partial charge < -0.3 is 15.2 Å². The molecule has 0 fully saturated rings. The maximum absolute atomic E-state index is 4.21. The smallest absolute Gasteiger partial charge is 0.191 e. The van der Waals surface area contributed by atoms with Crippen LogP contribution in [0.4, 0.5) is 0 Å². The predicted octanol–water partition coefficient (Wildman–Crippen LogP) is 2.62. The highest BCUT2D eigenvalue weighted by Crippen LogP contribution is 2.07. The SMILES string of the molecule is CCCNC(=NC)NCc1cccc(Cn2ccnc2)c1.I. The first-order chi connectivity index (χ1) is 10.3. The Balaban J connectivity index is 0.00000242. The molecule has 1 aromatic heterocycles. The zero-order valence-electron chi connectivity index (χ0n) is 13.1. The van der Waals surface area contributed by atoms with Crippen LogP contribution in [0.5, 0.6) is 0 Å². The number of imidazole rings is 1. The van der Waals surface area contributed by atoms with Gasteiger partial charge in [0.15, 0.2) is 5.96 Å². The first kappa shape index (κ1) is 18.5. The summed E-state index contributed by atoms with van der Waals surface area (Å²) >= 11 is 0. The van der Waals surface area contributed by atoms with Crippen LogP contribution in [0.1, 0.15) is 24.5 Å². The van der Waals surface area contributed by atoms with E-state index in [-0.39, 0.29) is 24.0 Å². The van der Waals surface area contributed by atoms with Crippen LogP contribution in [0, 0.1) is 0 Å². The molecular formula is C16H24IN5. The molecule has 0 atom stereocenters. The van der Waals surface area contributed by atoms with Crippen LogP contribution >= 0.6 is 24.0 Å². The average molecular weight is 413 g/mol. The van der Waals surface area contributed by atoms with E-state index in [1.165, 1.54) is 11.1 Å². The number of nitrogens with one attached hydrogen (secondary N) is 2. The number of rotatable bonds is 6. The largest absolute Gasteiger partial charge is 0.356 e. The van der Waals surface area contributed by atoms with Gasteiger partial charge in [0.25, 0.3) is 0 Å². The fourth-order valence-electron chi connectivity index (χ4n) is 2.08. The van der Waals surface area contributed by atoms with Gasteiger partial charge in [-0.25, -0.2) is 4.98 Å². The van der Waals surface area contributed by atoms with Crippen LogP contribution < -0.4 is 10.6 Å². The van der Waals surface area contributed by atoms with Crippen molar-refractivity contribution < 1.29 is 0 Å². The van der Waals surface area contributed by atoms with Crippen LogP contribution in [0.2, 0.25) is 0 Å². The fraction of sp³-hybridized carbons (Fsp3) is 0.375. The minimum Gasteiger partial charge on any atom is -0.356 e. The molecule has 0 spiro atoms. The normalized spacial score (nSPS) is 10.9. The average Bonchev–Trinajstić information content (AvgIpc) is 3.01. The van der Waals surface area contributed by atoms with Gasteiger partial charge in [-0.2, -0.15) is 0 Å². The summed E-state index contributed by atoms with van der Waals surface area (Å²) in [6.45, 7) is 4.68. The molecule has 0 saturated heterocycles. The van der Waals surface area contributed by atoms with Crippen LogP contribution in [-0.4, -0.2) is 29.1 Å². The van der Waals surface area contributed by atoms with Gasteiger partial charge in [-0.05, 0) is 17.5 Å². The number of guanidine groups is 1. The van der Waals surface area contributed by atoms with E-state index < -0.39 is 0 Å². The molecule has 1 aromatic carbocycles. The number of aliphatic imine (C=N–C) groups is 1. The lowest BCUT2D eigenvalue weighted by molar-refractivity contribution is 0.775. The van der Waals surface area contributed by atoms with E-state index in [1.54, 1.807) is 13.2 Å². The highest BCUT2D eigenvalue weighted by Gasteiger charge is 2.00. The number of aromatic nitrogens is 2. The molecule has 5 nitrogen and oxygen atoms in total. The molecule has 22 heavy (non-hydrogen) atoms. The Hall–Kier alpha value is -1.57. The van der Waals surface area contributed by atoms with Gasteiger partial charge >= 0.3 is 0 Å². The molecule has 0 saturated carbocycles. The first-order valence-corrected chi connectivity index (χ1v) is 7.30. The third-order valence-electron chi connectivity index (χ3n) is 3.14. The van der Waals surface area contributed by atoms with Gasteiger partial charge in [0.2, 0.25) is 0 Å². The quantitative estimate of drug-likeness (QED) is 0.435. The van der Waals surface area contributed by atoms with Crippen LogP contribution in [0.3, 0.4) is 0 Å². The van der Waals surface area contributed by atoms with Crippen molar-refractivity contribution >= 4 is 29.9 Å². The molecule has 1 heterocycles. The van der Waals surface area contributed by atoms with Gasteiger partial charge in [0, 0.05) is 39.1 Å². The van der Waals surface area contributed by atoms with E-state index in [0.29, 0.717) is 0 Å². The van der Waals surface area contributed by atoms with Gasteiger partial charge in [-0.3, -0.25) is 4.99 Å². The van der Waals surface area contributed by atoms with Crippen molar-refractivity contribution in [3.8, 4) is 0 Å². The summed E-state index contributed by atoms with van der Waals surface area (Å²) in [6.07, 6.45) is 6.69. The Morgan fingerprint density at radius 2 is 2.09 bits per heavy atom. The lowest BCUT2D eigenvalue weighted by atomic mass is 10.1. The predicted molar refractivity (Wildman–Crippen MR) is 102 cm³/mol. The molecule has 0 amide bonds. The molecule has 0 unspecified atom stereocenters. The van der Waals surface area contributed by atoms with Crippen molar-refractivity contribution in [2.24, 2.45) is 4.99 Å². The summed E-state index contributed by atoms with van der Waals surface area (Å²) in [5.74, 6) is 0.844. The highest BCUT2D eigenvalue weighted by molar-refractivity contribution is 14.0. The number of halogens is 1. The summed E-state index contributed by atoms with van der Waals surface area (Å²) in [7, 11) is 1.79. The number of hydrogen-bond donors (Lipinski definition) is 2. The van der Waals surface area contributed by atoms with Crippen molar-refractivity contribution in [2.45, 2.75) is 26.4 Å². The maximum atomic E-state index is 4.21. The Morgan fingerprint density at radius 3 is 2.77 bits per heavy atom. The van der Waals surface area contributed by atoms with E-state index in [9.17, 15) is 0 Å². The summed E-state index contributed by atoms with van der Waals surface area (Å²) in [6, 6.07) is 8.55. The Morgan fingerprint density at radius 1 is 1.27 bits per heavy atom. The van der Waals surface area contributed by atoms with Gasteiger partial charge in [0.05, 0.1) is 6.33 Å². The zero-order chi connectivity index (χ0) is 14.9. The second-order valence-corrected chi connectivity index (χ2v) is 4.91. The second kappa shape index (κ2) is 10.2. The third kappa shape index (κ3) is 6.05. The molecule has 2 rings (SSSR count). The summed E-state index contributed by atoms with van der Waals surface area (Å²) in [4.78, 5) is 8.27. The van der Waals surface area contributed by atoms with E-state index in [4.69, 9.17) is 0 Å². The minimum atomic E-state index is 0. The van der Waals surface area contributed by atoms with Gasteiger partial charge in [-0.1, -0.05) is 31.2 Å². The van der Waals surface area contributed by atoms with E-state index in [2.05, 4.69) is 56.4 Å². The maximum Gasteiger partial charge on any atom is 0.191 e. The Bertz CT molecular complexity index is 566. The molecule has 120 valence electrons. The van der Waals surface area contributed by atoms with E-state index >= 15 is 0 Å². The van der Waals surface area contributed by atoms with Crippen molar-refractivity contribution in [3.63, 3.8) is 0 Å². The number of benzene rings is 1. The molecule has 6 heteroatoms. The van der Waals surface area contributed by atoms with Gasteiger partial charge in [0.1, 0.15) is 0 Å².